The second-order valence-electron chi connectivity index (χ2n) is 4.53. The van der Waals surface area contributed by atoms with Crippen LogP contribution in [0.5, 0.6) is 0 Å². The van der Waals surface area contributed by atoms with E-state index >= 15 is 0 Å². The van der Waals surface area contributed by atoms with Crippen molar-refractivity contribution in [2.24, 2.45) is 0 Å². The molecule has 100 valence electrons. The van der Waals surface area contributed by atoms with Crippen molar-refractivity contribution in [1.82, 2.24) is 0 Å². The van der Waals surface area contributed by atoms with Gasteiger partial charge in [0.15, 0.2) is 0 Å². The summed E-state index contributed by atoms with van der Waals surface area (Å²) in [6, 6.07) is 6.99. The van der Waals surface area contributed by atoms with Gasteiger partial charge in [-0.05, 0) is 0 Å². The Hall–Kier alpha value is -0.933. The summed E-state index contributed by atoms with van der Waals surface area (Å²) in [6.07, 6.45) is -0.633. The molecule has 19 heavy (non-hydrogen) atoms. The van der Waals surface area contributed by atoms with Crippen LogP contribution < -0.4 is 4.90 Å². The van der Waals surface area contributed by atoms with Crippen LogP contribution in [0.15, 0.2) is 24.3 Å². The van der Waals surface area contributed by atoms with Gasteiger partial charge in [-0.25, -0.2) is 0 Å². The van der Waals surface area contributed by atoms with Gasteiger partial charge in [-0.2, -0.15) is 0 Å². The molecule has 1 aromatic carbocycles. The number of hydrogen-bond acceptors (Lipinski definition) is 3. The van der Waals surface area contributed by atoms with E-state index in [0.29, 0.717) is 11.3 Å². The molecular formula is C12H12F2LiNO3-2. The largest absolute Gasteiger partial charge is 2.00 e. The monoisotopic (exact) mass is 263 g/mol. The molecule has 0 saturated carbocycles. The third kappa shape index (κ3) is 3.54. The number of methoxy groups -OCH3 is 1. The molecule has 1 atom stereocenters. The van der Waals surface area contributed by atoms with Crippen molar-refractivity contribution in [3.63, 3.8) is 0 Å². The Balaban J connectivity index is 0.00000180. The molecule has 0 N–H and O–H groups in total. The van der Waals surface area contributed by atoms with E-state index in [1.165, 1.54) is 24.8 Å². The number of halogens is 2. The van der Waals surface area contributed by atoms with Gasteiger partial charge in [0.1, 0.15) is 0 Å². The molecule has 7 heteroatoms. The minimum atomic E-state index is -2.60. The normalized spacial score (nSPS) is 18.3. The molecule has 1 heterocycles. The zero-order valence-corrected chi connectivity index (χ0v) is 10.7. The van der Waals surface area contributed by atoms with Gasteiger partial charge in [-0.3, -0.25) is 0 Å². The maximum absolute atomic E-state index is 12.8. The average molecular weight is 263 g/mol. The van der Waals surface area contributed by atoms with Crippen molar-refractivity contribution in [2.75, 3.05) is 25.1 Å². The van der Waals surface area contributed by atoms with E-state index in [-0.39, 0.29) is 23.0 Å². The van der Waals surface area contributed by atoms with Crippen molar-refractivity contribution >= 4 is 27.9 Å². The molecule has 1 aliphatic heterocycles. The molecule has 0 aliphatic carbocycles. The Morgan fingerprint density at radius 3 is 2.58 bits per heavy atom. The number of alkyl halides is 2. The van der Waals surface area contributed by atoms with E-state index < -0.39 is 12.0 Å². The van der Waals surface area contributed by atoms with Gasteiger partial charge < -0.3 is 5.48 Å². The van der Waals surface area contributed by atoms with Gasteiger partial charge in [-0.15, -0.1) is 0 Å². The predicted molar refractivity (Wildman–Crippen MR) is 64.8 cm³/mol. The van der Waals surface area contributed by atoms with E-state index in [0.717, 1.165) is 0 Å². The number of carbonyl (C=O) groups is 1. The SMILES string of the molecule is [Li][C](=O)C(OC)c1cccc(N2CC(F)(F)C2)c1.[O-2]. The Bertz CT molecular complexity index is 462. The summed E-state index contributed by atoms with van der Waals surface area (Å²) in [6.45, 7) is -0.539. The van der Waals surface area contributed by atoms with Crippen LogP contribution in [0.25, 0.3) is 0 Å². The van der Waals surface area contributed by atoms with E-state index in [4.69, 9.17) is 4.74 Å². The van der Waals surface area contributed by atoms with E-state index in [9.17, 15) is 13.6 Å². The van der Waals surface area contributed by atoms with Crippen molar-refractivity contribution in [2.45, 2.75) is 12.0 Å². The predicted octanol–water partition coefficient (Wildman–Crippen LogP) is 1.41. The Labute approximate surface area is 119 Å². The summed E-state index contributed by atoms with van der Waals surface area (Å²) >= 11 is 1.44. The molecule has 1 unspecified atom stereocenters. The fraction of sp³-hybridized carbons (Fsp3) is 0.417. The third-order valence-electron chi connectivity index (χ3n) is 2.99. The summed E-state index contributed by atoms with van der Waals surface area (Å²) in [4.78, 5) is 13.0. The molecule has 1 aliphatic rings. The number of carbonyl (C=O) groups excluding carboxylic acids is 1. The van der Waals surface area contributed by atoms with Gasteiger partial charge in [0, 0.05) is 0 Å². The van der Waals surface area contributed by atoms with Crippen LogP contribution in [0.3, 0.4) is 0 Å². The smallest absolute Gasteiger partial charge is 2.00 e. The van der Waals surface area contributed by atoms with Crippen LogP contribution in [0.1, 0.15) is 11.7 Å². The van der Waals surface area contributed by atoms with Crippen molar-refractivity contribution < 1.29 is 23.8 Å². The average Bonchev–Trinajstić information content (AvgIpc) is 2.26. The zero-order valence-electron chi connectivity index (χ0n) is 10.7. The van der Waals surface area contributed by atoms with Crippen molar-refractivity contribution in [3.8, 4) is 0 Å². The molecule has 1 saturated heterocycles. The number of nitrogens with zero attached hydrogens (tertiary/aromatic N) is 1. The van der Waals surface area contributed by atoms with Crippen LogP contribution in [0.4, 0.5) is 14.5 Å². The van der Waals surface area contributed by atoms with E-state index in [2.05, 4.69) is 0 Å². The Morgan fingerprint density at radius 1 is 1.47 bits per heavy atom. The maximum atomic E-state index is 12.8. The summed E-state index contributed by atoms with van der Waals surface area (Å²) < 4.78 is 30.6. The molecule has 0 amide bonds. The second-order valence-corrected chi connectivity index (χ2v) is 4.53. The molecule has 0 spiro atoms. The number of ether oxygens (including phenoxy) is 1. The topological polar surface area (TPSA) is 58.0 Å². The number of hydrogen-bond donors (Lipinski definition) is 0. The van der Waals surface area contributed by atoms with Gasteiger partial charge in [-0.1, -0.05) is 0 Å². The fourth-order valence-electron chi connectivity index (χ4n) is 2.12. The van der Waals surface area contributed by atoms with Gasteiger partial charge in [0.25, 0.3) is 0 Å². The summed E-state index contributed by atoms with van der Waals surface area (Å²) in [5, 5.41) is 0. The number of benzene rings is 1. The minimum absolute atomic E-state index is 0. The Kier molecular flexibility index (Phi) is 5.10. The summed E-state index contributed by atoms with van der Waals surface area (Å²) in [5.74, 6) is -2.60. The Morgan fingerprint density at radius 2 is 2.11 bits per heavy atom. The van der Waals surface area contributed by atoms with Crippen LogP contribution >= 0.6 is 0 Å². The third-order valence-corrected chi connectivity index (χ3v) is 2.99. The van der Waals surface area contributed by atoms with Gasteiger partial charge in [0.05, 0.1) is 0 Å². The minimum Gasteiger partial charge on any atom is -2.00 e. The van der Waals surface area contributed by atoms with Crippen LogP contribution in [0, 0.1) is 0 Å². The maximum Gasteiger partial charge on any atom is -2.00 e. The van der Waals surface area contributed by atoms with Crippen molar-refractivity contribution in [3.05, 3.63) is 29.8 Å². The molecular weight excluding hydrogens is 251 g/mol. The van der Waals surface area contributed by atoms with E-state index in [1.807, 2.05) is 0 Å². The van der Waals surface area contributed by atoms with Gasteiger partial charge >= 0.3 is 113 Å². The quantitative estimate of drug-likeness (QED) is 0.771. The molecule has 1 fully saturated rings. The molecule has 4 nitrogen and oxygen atoms in total. The van der Waals surface area contributed by atoms with Crippen molar-refractivity contribution in [1.29, 1.82) is 0 Å². The first-order valence-corrected chi connectivity index (χ1v) is 5.69. The van der Waals surface area contributed by atoms with Crippen LogP contribution in [-0.4, -0.2) is 48.3 Å². The first kappa shape index (κ1) is 16.1. The fourth-order valence-corrected chi connectivity index (χ4v) is 2.12. The number of anilines is 1. The molecule has 2 rings (SSSR count). The standard InChI is InChI=1S/C12H12F2NO2.Li.O/c1-17-11(6-16)9-3-2-4-10(5-9)15-7-12(13,14)8-15;;/h2-5,11H,7-8H2,1H3;;/q;;-2. The van der Waals surface area contributed by atoms with Gasteiger partial charge in [0.2, 0.25) is 0 Å². The summed E-state index contributed by atoms with van der Waals surface area (Å²) in [5.41, 5.74) is 1.39. The van der Waals surface area contributed by atoms with Crippen LogP contribution in [0.2, 0.25) is 0 Å². The number of rotatable bonds is 4. The second kappa shape index (κ2) is 6.01. The molecule has 0 bridgehead atoms. The zero-order chi connectivity index (χ0) is 13.3. The molecule has 0 aromatic heterocycles. The molecule has 1 aromatic rings. The first-order chi connectivity index (χ1) is 8.43. The summed E-state index contributed by atoms with van der Waals surface area (Å²) in [7, 11) is 1.45. The van der Waals surface area contributed by atoms with Crippen LogP contribution in [-0.2, 0) is 15.0 Å². The molecule has 0 radical (unpaired) electrons. The first-order valence-electron chi connectivity index (χ1n) is 5.69. The van der Waals surface area contributed by atoms with E-state index in [1.54, 1.807) is 29.2 Å².